The normalized spacial score (nSPS) is 15.8. The first-order valence-corrected chi connectivity index (χ1v) is 9.79. The number of carbonyl (C=O) groups excluding carboxylic acids is 2. The average Bonchev–Trinajstić information content (AvgIpc) is 3.15. The molecule has 0 atom stereocenters. The molecule has 1 aromatic heterocycles. The molecule has 0 saturated carbocycles. The van der Waals surface area contributed by atoms with Crippen LogP contribution in [0.15, 0.2) is 35.8 Å². The lowest BCUT2D eigenvalue weighted by Gasteiger charge is -2.33. The number of nitrogens with one attached hydrogen (secondary N) is 2. The van der Waals surface area contributed by atoms with Gasteiger partial charge in [-0.3, -0.25) is 19.4 Å². The van der Waals surface area contributed by atoms with E-state index in [-0.39, 0.29) is 24.7 Å². The highest BCUT2D eigenvalue weighted by molar-refractivity contribution is 7.13. The highest BCUT2D eigenvalue weighted by Crippen LogP contribution is 2.34. The molecule has 0 aliphatic carbocycles. The fraction of sp³-hybridized carbons (Fsp3) is 0.389. The molecule has 7 nitrogen and oxygen atoms in total. The molecule has 2 N–H and O–H groups in total. The first kappa shape index (κ1) is 21.2. The van der Waals surface area contributed by atoms with Crippen molar-refractivity contribution in [2.24, 2.45) is 0 Å². The maximum absolute atomic E-state index is 13.0. The monoisotopic (exact) mass is 427 g/mol. The summed E-state index contributed by atoms with van der Waals surface area (Å²) in [5, 5.41) is 7.38. The van der Waals surface area contributed by atoms with Gasteiger partial charge in [-0.15, -0.1) is 11.3 Å². The minimum Gasteiger partial charge on any atom is -0.324 e. The highest BCUT2D eigenvalue weighted by Gasteiger charge is 2.33. The quantitative estimate of drug-likeness (QED) is 0.740. The largest absolute Gasteiger partial charge is 0.418 e. The van der Waals surface area contributed by atoms with Gasteiger partial charge in [0, 0.05) is 37.8 Å². The molecule has 0 radical (unpaired) electrons. The number of nitrogens with zero attached hydrogens (tertiary/aromatic N) is 3. The van der Waals surface area contributed by atoms with E-state index in [1.54, 1.807) is 11.6 Å². The van der Waals surface area contributed by atoms with E-state index in [4.69, 9.17) is 0 Å². The van der Waals surface area contributed by atoms with Crippen molar-refractivity contribution >= 4 is 34.0 Å². The summed E-state index contributed by atoms with van der Waals surface area (Å²) in [4.78, 5) is 32.0. The third-order valence-electron chi connectivity index (χ3n) is 4.38. The van der Waals surface area contributed by atoms with E-state index in [1.165, 1.54) is 29.5 Å². The Balaban J connectivity index is 1.44. The summed E-state index contributed by atoms with van der Waals surface area (Å²) >= 11 is 1.34. The Hall–Kier alpha value is -2.50. The number of aromatic nitrogens is 1. The number of para-hydroxylation sites is 1. The van der Waals surface area contributed by atoms with E-state index in [0.717, 1.165) is 6.07 Å². The third kappa shape index (κ3) is 6.24. The van der Waals surface area contributed by atoms with Gasteiger partial charge in [0.25, 0.3) is 0 Å². The van der Waals surface area contributed by atoms with Crippen LogP contribution in [-0.4, -0.2) is 65.9 Å². The number of piperazine rings is 1. The Bertz CT molecular complexity index is 836. The van der Waals surface area contributed by atoms with Gasteiger partial charge in [-0.2, -0.15) is 13.2 Å². The van der Waals surface area contributed by atoms with E-state index in [9.17, 15) is 22.8 Å². The Morgan fingerprint density at radius 1 is 1.00 bits per heavy atom. The molecule has 1 aliphatic rings. The van der Waals surface area contributed by atoms with E-state index < -0.39 is 17.6 Å². The Morgan fingerprint density at radius 2 is 1.59 bits per heavy atom. The molecule has 156 valence electrons. The molecule has 11 heteroatoms. The number of carbonyl (C=O) groups is 2. The number of benzene rings is 1. The molecule has 0 spiro atoms. The molecule has 2 amide bonds. The number of rotatable bonds is 6. The van der Waals surface area contributed by atoms with Crippen LogP contribution in [0, 0.1) is 0 Å². The van der Waals surface area contributed by atoms with Crippen LogP contribution >= 0.6 is 11.3 Å². The Kier molecular flexibility index (Phi) is 6.83. The maximum Gasteiger partial charge on any atom is 0.418 e. The summed E-state index contributed by atoms with van der Waals surface area (Å²) in [5.74, 6) is -0.661. The molecule has 1 aromatic carbocycles. The molecule has 2 aromatic rings. The van der Waals surface area contributed by atoms with E-state index >= 15 is 0 Å². The zero-order valence-corrected chi connectivity index (χ0v) is 16.2. The second-order valence-corrected chi connectivity index (χ2v) is 7.42. The SMILES string of the molecule is O=C(CN1CCN(CC(=O)Nc2ccccc2C(F)(F)F)CC1)Nc1nccs1. The number of anilines is 2. The van der Waals surface area contributed by atoms with Crippen molar-refractivity contribution in [1.82, 2.24) is 14.8 Å². The van der Waals surface area contributed by atoms with Crippen molar-refractivity contribution in [3.8, 4) is 0 Å². The van der Waals surface area contributed by atoms with E-state index in [1.807, 2.05) is 9.80 Å². The number of thiazole rings is 1. The molecular formula is C18H20F3N5O2S. The average molecular weight is 427 g/mol. The van der Waals surface area contributed by atoms with Crippen LogP contribution in [0.25, 0.3) is 0 Å². The molecule has 29 heavy (non-hydrogen) atoms. The fourth-order valence-corrected chi connectivity index (χ4v) is 3.53. The van der Waals surface area contributed by atoms with Gasteiger partial charge in [-0.05, 0) is 12.1 Å². The molecule has 0 bridgehead atoms. The van der Waals surface area contributed by atoms with Crippen molar-refractivity contribution in [3.63, 3.8) is 0 Å². The van der Waals surface area contributed by atoms with Gasteiger partial charge in [0.1, 0.15) is 0 Å². The predicted molar refractivity (Wildman–Crippen MR) is 104 cm³/mol. The highest BCUT2D eigenvalue weighted by atomic mass is 32.1. The predicted octanol–water partition coefficient (Wildman–Crippen LogP) is 2.36. The van der Waals surface area contributed by atoms with E-state index in [0.29, 0.717) is 31.3 Å². The summed E-state index contributed by atoms with van der Waals surface area (Å²) in [5.41, 5.74) is -1.12. The van der Waals surface area contributed by atoms with Crippen LogP contribution in [-0.2, 0) is 15.8 Å². The van der Waals surface area contributed by atoms with Crippen molar-refractivity contribution in [1.29, 1.82) is 0 Å². The van der Waals surface area contributed by atoms with Crippen molar-refractivity contribution in [2.45, 2.75) is 6.18 Å². The number of halogens is 3. The minimum atomic E-state index is -4.53. The lowest BCUT2D eigenvalue weighted by Crippen LogP contribution is -2.50. The lowest BCUT2D eigenvalue weighted by molar-refractivity contribution is -0.137. The van der Waals surface area contributed by atoms with E-state index in [2.05, 4.69) is 15.6 Å². The molecule has 2 heterocycles. The summed E-state index contributed by atoms with van der Waals surface area (Å²) in [6, 6.07) is 4.90. The lowest BCUT2D eigenvalue weighted by atomic mass is 10.1. The topological polar surface area (TPSA) is 77.6 Å². The standard InChI is InChI=1S/C18H20F3N5O2S/c19-18(20,21)13-3-1-2-4-14(13)23-15(27)11-25-6-8-26(9-7-25)12-16(28)24-17-22-5-10-29-17/h1-5,10H,6-9,11-12H2,(H,23,27)(H,22,24,28). The summed E-state index contributed by atoms with van der Waals surface area (Å²) in [6.45, 7) is 2.46. The van der Waals surface area contributed by atoms with Gasteiger partial charge < -0.3 is 10.6 Å². The summed E-state index contributed by atoms with van der Waals surface area (Å²) < 4.78 is 39.1. The number of hydrogen-bond acceptors (Lipinski definition) is 6. The fourth-order valence-electron chi connectivity index (χ4n) is 2.98. The van der Waals surface area contributed by atoms with Crippen molar-refractivity contribution in [2.75, 3.05) is 49.9 Å². The van der Waals surface area contributed by atoms with Gasteiger partial charge in [0.15, 0.2) is 5.13 Å². The van der Waals surface area contributed by atoms with Crippen LogP contribution in [0.5, 0.6) is 0 Å². The van der Waals surface area contributed by atoms with Crippen molar-refractivity contribution in [3.05, 3.63) is 41.4 Å². The zero-order chi connectivity index (χ0) is 20.9. The van der Waals surface area contributed by atoms with Crippen LogP contribution in [0.4, 0.5) is 24.0 Å². The Morgan fingerprint density at radius 3 is 2.14 bits per heavy atom. The minimum absolute atomic E-state index is 0.00859. The number of amides is 2. The van der Waals surface area contributed by atoms with Crippen LogP contribution < -0.4 is 10.6 Å². The van der Waals surface area contributed by atoms with Crippen molar-refractivity contribution < 1.29 is 22.8 Å². The maximum atomic E-state index is 13.0. The van der Waals surface area contributed by atoms with Gasteiger partial charge in [0.2, 0.25) is 11.8 Å². The molecule has 3 rings (SSSR count). The molecule has 1 aliphatic heterocycles. The first-order valence-electron chi connectivity index (χ1n) is 8.91. The molecule has 0 unspecified atom stereocenters. The van der Waals surface area contributed by atoms with Gasteiger partial charge in [-0.1, -0.05) is 12.1 Å². The number of alkyl halides is 3. The first-order chi connectivity index (χ1) is 13.8. The second-order valence-electron chi connectivity index (χ2n) is 6.53. The molecule has 1 fully saturated rings. The van der Waals surface area contributed by atoms with Crippen LogP contribution in [0.3, 0.4) is 0 Å². The summed E-state index contributed by atoms with van der Waals surface area (Å²) in [6.07, 6.45) is -2.92. The molecule has 1 saturated heterocycles. The van der Waals surface area contributed by atoms with Gasteiger partial charge in [-0.25, -0.2) is 4.98 Å². The third-order valence-corrected chi connectivity index (χ3v) is 5.07. The molecular weight excluding hydrogens is 407 g/mol. The van der Waals surface area contributed by atoms with Gasteiger partial charge >= 0.3 is 6.18 Å². The van der Waals surface area contributed by atoms with Crippen LogP contribution in [0.1, 0.15) is 5.56 Å². The van der Waals surface area contributed by atoms with Gasteiger partial charge in [0.05, 0.1) is 24.3 Å². The summed E-state index contributed by atoms with van der Waals surface area (Å²) in [7, 11) is 0. The zero-order valence-electron chi connectivity index (χ0n) is 15.4. The number of hydrogen-bond donors (Lipinski definition) is 2. The Labute approximate surface area is 169 Å². The smallest absolute Gasteiger partial charge is 0.324 e. The second kappa shape index (κ2) is 9.33. The van der Waals surface area contributed by atoms with Crippen LogP contribution in [0.2, 0.25) is 0 Å².